The second kappa shape index (κ2) is 5.64. The number of allylic oxidation sites excluding steroid dienone is 2. The predicted octanol–water partition coefficient (Wildman–Crippen LogP) is 2.03. The van der Waals surface area contributed by atoms with Crippen molar-refractivity contribution in [2.75, 3.05) is 11.6 Å². The average molecular weight is 314 g/mol. The van der Waals surface area contributed by atoms with Crippen LogP contribution in [-0.4, -0.2) is 31.6 Å². The fraction of sp³-hybridized carbons (Fsp3) is 0.500. The topological polar surface area (TPSA) is 68.3 Å². The molecule has 0 saturated heterocycles. The van der Waals surface area contributed by atoms with Gasteiger partial charge in [-0.25, -0.2) is 9.69 Å². The number of hydrogen-bond acceptors (Lipinski definition) is 5. The van der Waals surface area contributed by atoms with Gasteiger partial charge in [0.15, 0.2) is 5.65 Å². The molecule has 7 heteroatoms. The van der Waals surface area contributed by atoms with Crippen molar-refractivity contribution in [1.29, 1.82) is 0 Å². The minimum absolute atomic E-state index is 0.00228. The van der Waals surface area contributed by atoms with E-state index in [-0.39, 0.29) is 11.5 Å². The van der Waals surface area contributed by atoms with Gasteiger partial charge in [0.1, 0.15) is 11.2 Å². The van der Waals surface area contributed by atoms with Crippen molar-refractivity contribution in [3.8, 4) is 0 Å². The van der Waals surface area contributed by atoms with Crippen LogP contribution in [0.4, 0.5) is 5.95 Å². The first-order valence-electron chi connectivity index (χ1n) is 7.91. The zero-order valence-electron chi connectivity index (χ0n) is 14.2. The Bertz CT molecular complexity index is 873. The molecule has 0 bridgehead atoms. The molecule has 3 heterocycles. The van der Waals surface area contributed by atoms with Crippen LogP contribution in [0.3, 0.4) is 0 Å². The monoisotopic (exact) mass is 314 g/mol. The van der Waals surface area contributed by atoms with Gasteiger partial charge in [-0.15, -0.1) is 0 Å². The van der Waals surface area contributed by atoms with E-state index in [0.717, 1.165) is 5.71 Å². The maximum atomic E-state index is 12.9. The molecule has 7 nitrogen and oxygen atoms in total. The van der Waals surface area contributed by atoms with E-state index >= 15 is 0 Å². The molecule has 3 rings (SSSR count). The van der Waals surface area contributed by atoms with E-state index in [0.29, 0.717) is 35.8 Å². The number of fused-ring (bicyclic) bond motifs is 3. The first-order chi connectivity index (χ1) is 11.0. The molecule has 1 unspecified atom stereocenters. The van der Waals surface area contributed by atoms with E-state index in [2.05, 4.69) is 15.2 Å². The summed E-state index contributed by atoms with van der Waals surface area (Å²) in [5.41, 5.74) is 2.66. The van der Waals surface area contributed by atoms with Gasteiger partial charge in [-0.2, -0.15) is 15.2 Å². The molecular formula is C16H22N6O. The summed E-state index contributed by atoms with van der Waals surface area (Å²) in [6.07, 6.45) is 4.39. The van der Waals surface area contributed by atoms with Gasteiger partial charge in [-0.05, 0) is 27.7 Å². The summed E-state index contributed by atoms with van der Waals surface area (Å²) in [5.74, 6) is 0.707. The van der Waals surface area contributed by atoms with Gasteiger partial charge in [0.2, 0.25) is 11.4 Å². The number of aromatic nitrogens is 4. The van der Waals surface area contributed by atoms with Gasteiger partial charge in [-0.1, -0.05) is 12.2 Å². The van der Waals surface area contributed by atoms with E-state index < -0.39 is 0 Å². The molecule has 1 aliphatic heterocycles. The maximum absolute atomic E-state index is 12.9. The molecule has 23 heavy (non-hydrogen) atoms. The van der Waals surface area contributed by atoms with Crippen LogP contribution in [0.25, 0.3) is 11.2 Å². The Kier molecular flexibility index (Phi) is 3.79. The van der Waals surface area contributed by atoms with E-state index in [1.165, 1.54) is 0 Å². The van der Waals surface area contributed by atoms with Crippen molar-refractivity contribution in [3.05, 3.63) is 28.1 Å². The highest BCUT2D eigenvalue weighted by Gasteiger charge is 2.29. The van der Waals surface area contributed by atoms with Crippen molar-refractivity contribution in [3.63, 3.8) is 0 Å². The van der Waals surface area contributed by atoms with Crippen molar-refractivity contribution in [1.82, 2.24) is 19.3 Å². The van der Waals surface area contributed by atoms with Crippen molar-refractivity contribution >= 4 is 22.8 Å². The molecule has 0 aromatic carbocycles. The van der Waals surface area contributed by atoms with E-state index in [1.54, 1.807) is 4.68 Å². The van der Waals surface area contributed by atoms with Crippen molar-refractivity contribution in [2.24, 2.45) is 12.1 Å². The summed E-state index contributed by atoms with van der Waals surface area (Å²) in [6.45, 7) is 8.68. The summed E-state index contributed by atoms with van der Waals surface area (Å²) >= 11 is 0. The van der Waals surface area contributed by atoms with Crippen LogP contribution in [0, 0.1) is 0 Å². The van der Waals surface area contributed by atoms with E-state index in [9.17, 15) is 4.79 Å². The Morgan fingerprint density at radius 2 is 2.09 bits per heavy atom. The molecule has 2 aromatic rings. The van der Waals surface area contributed by atoms with Crippen LogP contribution in [0.15, 0.2) is 22.0 Å². The van der Waals surface area contributed by atoms with Gasteiger partial charge in [0.25, 0.3) is 0 Å². The molecule has 0 spiro atoms. The van der Waals surface area contributed by atoms with Gasteiger partial charge in [0, 0.05) is 20.0 Å². The van der Waals surface area contributed by atoms with Gasteiger partial charge in [-0.3, -0.25) is 9.36 Å². The standard InChI is InChI=1S/C16H22N6O/c1-6-8-9-12-14(23)13-15(20(5)19-12)17-16-21(7-2)18-10(3)11(4)22(13)16/h6,8,11H,7,9H2,1-5H3. The van der Waals surface area contributed by atoms with Crippen LogP contribution in [-0.2, 0) is 13.5 Å². The third-order valence-electron chi connectivity index (χ3n) is 4.28. The molecule has 0 N–H and O–H groups in total. The molecule has 0 aliphatic carbocycles. The molecule has 0 fully saturated rings. The van der Waals surface area contributed by atoms with Gasteiger partial charge in [0.05, 0.1) is 11.8 Å². The van der Waals surface area contributed by atoms with E-state index in [4.69, 9.17) is 0 Å². The molecule has 0 saturated carbocycles. The van der Waals surface area contributed by atoms with Crippen LogP contribution >= 0.6 is 0 Å². The Morgan fingerprint density at radius 3 is 2.74 bits per heavy atom. The normalized spacial score (nSPS) is 17.9. The third-order valence-corrected chi connectivity index (χ3v) is 4.28. The lowest BCUT2D eigenvalue weighted by Crippen LogP contribution is -2.32. The first-order valence-corrected chi connectivity index (χ1v) is 7.91. The SMILES string of the molecule is CC=CCc1nn(C)c2nc3n(c2c1=O)C(C)C(C)=NN3CC. The number of hydrogen-bond donors (Lipinski definition) is 0. The molecular weight excluding hydrogens is 292 g/mol. The van der Waals surface area contributed by atoms with E-state index in [1.807, 2.05) is 56.5 Å². The number of aryl methyl sites for hydroxylation is 1. The number of nitrogens with zero attached hydrogens (tertiary/aromatic N) is 6. The number of rotatable bonds is 3. The highest BCUT2D eigenvalue weighted by Crippen LogP contribution is 2.29. The van der Waals surface area contributed by atoms with Crippen LogP contribution in [0.1, 0.15) is 39.4 Å². The summed E-state index contributed by atoms with van der Waals surface area (Å²) in [6, 6.07) is 0.00228. The Morgan fingerprint density at radius 1 is 1.35 bits per heavy atom. The lowest BCUT2D eigenvalue weighted by Gasteiger charge is -2.28. The fourth-order valence-electron chi connectivity index (χ4n) is 2.89. The lowest BCUT2D eigenvalue weighted by molar-refractivity contribution is 0.646. The highest BCUT2D eigenvalue weighted by atomic mass is 16.1. The van der Waals surface area contributed by atoms with Crippen molar-refractivity contribution in [2.45, 2.75) is 40.2 Å². The average Bonchev–Trinajstić information content (AvgIpc) is 2.94. The number of imidazole rings is 1. The molecule has 0 radical (unpaired) electrons. The summed E-state index contributed by atoms with van der Waals surface area (Å²) in [7, 11) is 1.83. The first kappa shape index (κ1) is 15.5. The minimum Gasteiger partial charge on any atom is -0.295 e. The largest absolute Gasteiger partial charge is 0.295 e. The van der Waals surface area contributed by atoms with Gasteiger partial charge >= 0.3 is 0 Å². The molecule has 2 aromatic heterocycles. The van der Waals surface area contributed by atoms with Crippen LogP contribution in [0.2, 0.25) is 0 Å². The molecule has 0 amide bonds. The third kappa shape index (κ3) is 2.27. The zero-order chi connectivity index (χ0) is 16.7. The Hall–Kier alpha value is -2.44. The number of anilines is 1. The smallest absolute Gasteiger partial charge is 0.229 e. The second-order valence-electron chi connectivity index (χ2n) is 5.76. The van der Waals surface area contributed by atoms with Crippen LogP contribution < -0.4 is 10.4 Å². The summed E-state index contributed by atoms with van der Waals surface area (Å²) in [5, 5.41) is 10.8. The summed E-state index contributed by atoms with van der Waals surface area (Å²) < 4.78 is 3.68. The fourth-order valence-corrected chi connectivity index (χ4v) is 2.89. The zero-order valence-corrected chi connectivity index (χ0v) is 14.2. The lowest BCUT2D eigenvalue weighted by atomic mass is 10.2. The molecule has 122 valence electrons. The Labute approximate surface area is 134 Å². The minimum atomic E-state index is -0.0486. The van der Waals surface area contributed by atoms with Crippen molar-refractivity contribution < 1.29 is 0 Å². The molecule has 1 aliphatic rings. The summed E-state index contributed by atoms with van der Waals surface area (Å²) in [4.78, 5) is 17.6. The quantitative estimate of drug-likeness (QED) is 0.813. The number of hydrazone groups is 1. The second-order valence-corrected chi connectivity index (χ2v) is 5.76. The Balaban J connectivity index is 2.34. The van der Waals surface area contributed by atoms with Gasteiger partial charge < -0.3 is 0 Å². The molecule has 1 atom stereocenters. The maximum Gasteiger partial charge on any atom is 0.229 e. The predicted molar refractivity (Wildman–Crippen MR) is 92.1 cm³/mol. The highest BCUT2D eigenvalue weighted by molar-refractivity contribution is 5.91. The van der Waals surface area contributed by atoms with Crippen LogP contribution in [0.5, 0.6) is 0 Å².